The van der Waals surface area contributed by atoms with Crippen LogP contribution < -0.4 is 10.6 Å². The third kappa shape index (κ3) is 3.42. The lowest BCUT2D eigenvalue weighted by atomic mass is 9.97. The third-order valence-electron chi connectivity index (χ3n) is 4.17. The molecule has 3 rings (SSSR count). The van der Waals surface area contributed by atoms with E-state index in [0.29, 0.717) is 5.82 Å². The molecule has 1 aliphatic rings. The van der Waals surface area contributed by atoms with Crippen molar-refractivity contribution in [1.29, 1.82) is 0 Å². The number of nitrogens with zero attached hydrogens (tertiary/aromatic N) is 5. The number of nitrogens with two attached hydrogens (primary N) is 1. The van der Waals surface area contributed by atoms with Crippen LogP contribution in [0.15, 0.2) is 6.33 Å². The molecule has 14 heteroatoms. The van der Waals surface area contributed by atoms with Crippen LogP contribution in [0.5, 0.6) is 0 Å². The van der Waals surface area contributed by atoms with Crippen LogP contribution in [-0.2, 0) is 13.8 Å². The van der Waals surface area contributed by atoms with Gasteiger partial charge < -0.3 is 30.3 Å². The summed E-state index contributed by atoms with van der Waals surface area (Å²) in [4.78, 5) is 31.5. The van der Waals surface area contributed by atoms with Crippen LogP contribution in [0.1, 0.15) is 6.23 Å². The lowest BCUT2D eigenvalue weighted by molar-refractivity contribution is -0.0496. The summed E-state index contributed by atoms with van der Waals surface area (Å²) in [7, 11) is -1.46. The van der Waals surface area contributed by atoms with E-state index in [1.54, 1.807) is 19.0 Å². The highest BCUT2D eigenvalue weighted by molar-refractivity contribution is 7.46. The van der Waals surface area contributed by atoms with Gasteiger partial charge in [-0.05, 0) is 0 Å². The lowest BCUT2D eigenvalue weighted by Crippen LogP contribution is -2.42. The number of hydrogen-bond donors (Lipinski definition) is 4. The van der Waals surface area contributed by atoms with Gasteiger partial charge in [0.2, 0.25) is 11.6 Å². The summed E-state index contributed by atoms with van der Waals surface area (Å²) in [6.45, 7) is -0.790. The van der Waals surface area contributed by atoms with Crippen molar-refractivity contribution < 1.29 is 33.1 Å². The van der Waals surface area contributed by atoms with Crippen LogP contribution in [0.3, 0.4) is 0 Å². The summed E-state index contributed by atoms with van der Waals surface area (Å²) < 4.78 is 37.2. The molecular formula is C14H18FN6O6P. The highest BCUT2D eigenvalue weighted by Gasteiger charge is 2.58. The van der Waals surface area contributed by atoms with E-state index in [4.69, 9.17) is 26.7 Å². The van der Waals surface area contributed by atoms with Crippen molar-refractivity contribution in [3.63, 3.8) is 0 Å². The number of alkyl halides is 1. The first kappa shape index (κ1) is 20.4. The number of phosphoric acid groups is 1. The molecule has 1 fully saturated rings. The molecule has 2 aromatic heterocycles. The summed E-state index contributed by atoms with van der Waals surface area (Å²) in [5.74, 6) is 2.11. The SMILES string of the molecule is C#C[C@@]1(F)[C@H](O)[C@@H](COP(=O)(O)O)O[C@H]1n1cnc2c(N(C)C)nc(N)nc21. The zero-order valence-corrected chi connectivity index (χ0v) is 15.7. The molecule has 2 aromatic rings. The van der Waals surface area contributed by atoms with Crippen molar-refractivity contribution in [3.8, 4) is 12.3 Å². The Morgan fingerprint density at radius 3 is 2.79 bits per heavy atom. The molecule has 0 saturated carbocycles. The molecule has 1 aliphatic heterocycles. The molecule has 0 aromatic carbocycles. The number of fused-ring (bicyclic) bond motifs is 1. The number of ether oxygens (including phenoxy) is 1. The topological polar surface area (TPSA) is 169 Å². The normalized spacial score (nSPS) is 27.8. The van der Waals surface area contributed by atoms with Crippen LogP contribution in [0, 0.1) is 12.3 Å². The maximum Gasteiger partial charge on any atom is 0.469 e. The Labute approximate surface area is 158 Å². The second-order valence-electron chi connectivity index (χ2n) is 6.29. The third-order valence-corrected chi connectivity index (χ3v) is 4.66. The first-order valence-corrected chi connectivity index (χ1v) is 9.38. The molecule has 28 heavy (non-hydrogen) atoms. The number of hydrogen-bond acceptors (Lipinski definition) is 9. The average Bonchev–Trinajstić information content (AvgIpc) is 3.12. The molecule has 0 aliphatic carbocycles. The number of aliphatic hydroxyl groups is 1. The van der Waals surface area contributed by atoms with Crippen LogP contribution in [-0.4, -0.2) is 73.0 Å². The Balaban J connectivity index is 2.05. The fourth-order valence-electron chi connectivity index (χ4n) is 2.88. The zero-order valence-electron chi connectivity index (χ0n) is 14.8. The fraction of sp³-hybridized carbons (Fsp3) is 0.500. The summed E-state index contributed by atoms with van der Waals surface area (Å²) in [6.07, 6.45) is 1.50. The maximum atomic E-state index is 15.4. The molecule has 12 nitrogen and oxygen atoms in total. The smallest absolute Gasteiger partial charge is 0.386 e. The minimum absolute atomic E-state index is 0.0993. The van der Waals surface area contributed by atoms with Crippen LogP contribution in [0.4, 0.5) is 16.2 Å². The molecule has 0 amide bonds. The second kappa shape index (κ2) is 6.93. The Morgan fingerprint density at radius 1 is 1.54 bits per heavy atom. The van der Waals surface area contributed by atoms with Gasteiger partial charge in [-0.2, -0.15) is 9.97 Å². The van der Waals surface area contributed by atoms with E-state index in [0.717, 1.165) is 4.57 Å². The van der Waals surface area contributed by atoms with E-state index in [2.05, 4.69) is 19.5 Å². The molecule has 1 saturated heterocycles. The van der Waals surface area contributed by atoms with Crippen LogP contribution in [0.2, 0.25) is 0 Å². The summed E-state index contributed by atoms with van der Waals surface area (Å²) in [5.41, 5.74) is 3.35. The van der Waals surface area contributed by atoms with Crippen molar-refractivity contribution in [1.82, 2.24) is 19.5 Å². The van der Waals surface area contributed by atoms with Crippen molar-refractivity contribution in [2.45, 2.75) is 24.1 Å². The van der Waals surface area contributed by atoms with Gasteiger partial charge in [0, 0.05) is 14.1 Å². The predicted molar refractivity (Wildman–Crippen MR) is 94.6 cm³/mol. The monoisotopic (exact) mass is 416 g/mol. The molecule has 4 atom stereocenters. The summed E-state index contributed by atoms with van der Waals surface area (Å²) >= 11 is 0. The highest BCUT2D eigenvalue weighted by Crippen LogP contribution is 2.44. The molecule has 5 N–H and O–H groups in total. The molecule has 0 bridgehead atoms. The van der Waals surface area contributed by atoms with Gasteiger partial charge in [0.15, 0.2) is 23.2 Å². The highest BCUT2D eigenvalue weighted by atomic mass is 31.2. The Bertz CT molecular complexity index is 989. The number of aromatic nitrogens is 4. The van der Waals surface area contributed by atoms with Crippen molar-refractivity contribution in [2.24, 2.45) is 0 Å². The van der Waals surface area contributed by atoms with Gasteiger partial charge in [-0.3, -0.25) is 9.09 Å². The van der Waals surface area contributed by atoms with Crippen molar-refractivity contribution >= 4 is 30.8 Å². The van der Waals surface area contributed by atoms with Gasteiger partial charge in [-0.1, -0.05) is 5.92 Å². The number of phosphoric ester groups is 1. The van der Waals surface area contributed by atoms with Gasteiger partial charge in [-0.15, -0.1) is 6.42 Å². The van der Waals surface area contributed by atoms with E-state index < -0.39 is 38.5 Å². The summed E-state index contributed by atoms with van der Waals surface area (Å²) in [5, 5.41) is 10.3. The van der Waals surface area contributed by atoms with Gasteiger partial charge in [0.05, 0.1) is 12.9 Å². The summed E-state index contributed by atoms with van der Waals surface area (Å²) in [6, 6.07) is 0. The van der Waals surface area contributed by atoms with Gasteiger partial charge in [0.25, 0.3) is 0 Å². The Hall–Kier alpha value is -2.33. The minimum atomic E-state index is -4.87. The minimum Gasteiger partial charge on any atom is -0.386 e. The van der Waals surface area contributed by atoms with Gasteiger partial charge in [-0.25, -0.2) is 13.9 Å². The first-order chi connectivity index (χ1) is 13.0. The van der Waals surface area contributed by atoms with E-state index in [1.165, 1.54) is 6.33 Å². The molecule has 152 valence electrons. The number of nitrogen functional groups attached to an aromatic ring is 1. The number of anilines is 2. The van der Waals surface area contributed by atoms with Gasteiger partial charge in [0.1, 0.15) is 12.2 Å². The Morgan fingerprint density at radius 2 is 2.21 bits per heavy atom. The van der Waals surface area contributed by atoms with Crippen molar-refractivity contribution in [2.75, 3.05) is 31.3 Å². The molecule has 3 heterocycles. The van der Waals surface area contributed by atoms with E-state index >= 15 is 4.39 Å². The van der Waals surface area contributed by atoms with Crippen LogP contribution >= 0.6 is 7.82 Å². The average molecular weight is 416 g/mol. The predicted octanol–water partition coefficient (Wildman–Crippen LogP) is -0.816. The number of halogens is 1. The maximum absolute atomic E-state index is 15.4. The van der Waals surface area contributed by atoms with Crippen molar-refractivity contribution in [3.05, 3.63) is 6.33 Å². The molecule has 0 spiro atoms. The number of aliphatic hydroxyl groups excluding tert-OH is 1. The van der Waals surface area contributed by atoms with E-state index in [9.17, 15) is 9.67 Å². The first-order valence-electron chi connectivity index (χ1n) is 7.85. The number of rotatable bonds is 5. The molecular weight excluding hydrogens is 398 g/mol. The quantitative estimate of drug-likeness (QED) is 0.355. The van der Waals surface area contributed by atoms with E-state index in [1.807, 2.05) is 5.92 Å². The second-order valence-corrected chi connectivity index (χ2v) is 7.53. The standard InChI is InChI=1S/C14H18FN6O6P/c1-4-14(15)9(22)7(5-26-28(23,24)25)27-12(14)21-6-17-8-10(20(2)3)18-13(16)19-11(8)21/h1,6-7,9,12,22H,5H2,2-3H3,(H2,16,18,19)(H2,23,24,25)/t7-,9-,12-,14-/m1/s1. The number of imidazole rings is 1. The van der Waals surface area contributed by atoms with E-state index in [-0.39, 0.29) is 17.1 Å². The Kier molecular flexibility index (Phi) is 5.05. The lowest BCUT2D eigenvalue weighted by Gasteiger charge is -2.23. The zero-order chi connectivity index (χ0) is 20.9. The van der Waals surface area contributed by atoms with Gasteiger partial charge >= 0.3 is 7.82 Å². The molecule has 0 unspecified atom stereocenters. The molecule has 0 radical (unpaired) electrons. The van der Waals surface area contributed by atoms with Crippen LogP contribution in [0.25, 0.3) is 11.2 Å². The fourth-order valence-corrected chi connectivity index (χ4v) is 3.22. The number of terminal acetylenes is 1. The largest absolute Gasteiger partial charge is 0.469 e.